The molecule has 0 radical (unpaired) electrons. The zero-order chi connectivity index (χ0) is 19.9. The Hall–Kier alpha value is -1.60. The number of ether oxygens (including phenoxy) is 1. The summed E-state index contributed by atoms with van der Waals surface area (Å²) in [6.45, 7) is 7.67. The van der Waals surface area contributed by atoms with Crippen LogP contribution in [0.25, 0.3) is 0 Å². The van der Waals surface area contributed by atoms with Gasteiger partial charge in [-0.15, -0.1) is 0 Å². The van der Waals surface area contributed by atoms with Gasteiger partial charge in [-0.2, -0.15) is 8.42 Å². The van der Waals surface area contributed by atoms with Crippen LogP contribution in [0.2, 0.25) is 0 Å². The van der Waals surface area contributed by atoms with E-state index in [1.165, 1.54) is 0 Å². The predicted octanol–water partition coefficient (Wildman–Crippen LogP) is 3.78. The minimum Gasteiger partial charge on any atom is -0.444 e. The van der Waals surface area contributed by atoms with Gasteiger partial charge in [0.2, 0.25) is 0 Å². The van der Waals surface area contributed by atoms with E-state index in [1.807, 2.05) is 27.7 Å². The molecule has 0 bridgehead atoms. The molecule has 0 aliphatic heterocycles. The van der Waals surface area contributed by atoms with Crippen molar-refractivity contribution < 1.29 is 22.1 Å². The van der Waals surface area contributed by atoms with Crippen molar-refractivity contribution in [3.05, 3.63) is 29.8 Å². The molecule has 3 rings (SSSR count). The van der Waals surface area contributed by atoms with Gasteiger partial charge in [0.25, 0.3) is 10.1 Å². The van der Waals surface area contributed by atoms with Gasteiger partial charge in [0.05, 0.1) is 11.5 Å². The van der Waals surface area contributed by atoms with E-state index in [0.717, 1.165) is 31.2 Å². The molecule has 1 aromatic rings. The van der Waals surface area contributed by atoms with Gasteiger partial charge in [-0.05, 0) is 76.8 Å². The van der Waals surface area contributed by atoms with Crippen molar-refractivity contribution in [2.24, 2.45) is 11.3 Å². The molecule has 0 aromatic heterocycles. The average molecular weight is 396 g/mol. The first-order valence-corrected chi connectivity index (χ1v) is 10.8. The third-order valence-electron chi connectivity index (χ3n) is 5.29. The Morgan fingerprint density at radius 3 is 2.30 bits per heavy atom. The predicted molar refractivity (Wildman–Crippen MR) is 102 cm³/mol. The van der Waals surface area contributed by atoms with E-state index in [0.29, 0.717) is 0 Å². The fourth-order valence-corrected chi connectivity index (χ4v) is 5.11. The van der Waals surface area contributed by atoms with E-state index < -0.39 is 15.7 Å². The summed E-state index contributed by atoms with van der Waals surface area (Å²) in [5.74, 6) is 0.257. The van der Waals surface area contributed by atoms with Crippen LogP contribution in [0.4, 0.5) is 4.79 Å². The molecule has 27 heavy (non-hydrogen) atoms. The van der Waals surface area contributed by atoms with Crippen LogP contribution in [0.15, 0.2) is 29.2 Å². The number of amides is 1. The van der Waals surface area contributed by atoms with Gasteiger partial charge in [0.1, 0.15) is 5.60 Å². The second kappa shape index (κ2) is 7.09. The highest BCUT2D eigenvalue weighted by Crippen LogP contribution is 2.58. The lowest BCUT2D eigenvalue weighted by Crippen LogP contribution is -2.57. The molecule has 1 spiro atoms. The number of nitrogens with one attached hydrogen (secondary N) is 1. The molecule has 2 fully saturated rings. The molecule has 7 heteroatoms. The van der Waals surface area contributed by atoms with Crippen LogP contribution < -0.4 is 5.32 Å². The monoisotopic (exact) mass is 395 g/mol. The first kappa shape index (κ1) is 20.1. The highest BCUT2D eigenvalue weighted by molar-refractivity contribution is 7.86. The summed E-state index contributed by atoms with van der Waals surface area (Å²) in [6.07, 6.45) is 3.37. The highest BCUT2D eigenvalue weighted by atomic mass is 32.2. The van der Waals surface area contributed by atoms with Crippen LogP contribution in [0.3, 0.4) is 0 Å². The fraction of sp³-hybridized carbons (Fsp3) is 0.650. The van der Waals surface area contributed by atoms with Gasteiger partial charge in [-0.25, -0.2) is 4.79 Å². The number of carbonyl (C=O) groups is 1. The molecule has 0 unspecified atom stereocenters. The van der Waals surface area contributed by atoms with Crippen molar-refractivity contribution in [2.45, 2.75) is 69.9 Å². The summed E-state index contributed by atoms with van der Waals surface area (Å²) in [4.78, 5) is 12.0. The van der Waals surface area contributed by atoms with Crippen molar-refractivity contribution in [2.75, 3.05) is 6.61 Å². The number of rotatable bonds is 5. The Morgan fingerprint density at radius 2 is 1.74 bits per heavy atom. The summed E-state index contributed by atoms with van der Waals surface area (Å²) in [5.41, 5.74) is 0.753. The zero-order valence-electron chi connectivity index (χ0n) is 16.4. The lowest BCUT2D eigenvalue weighted by Gasteiger charge is -2.57. The van der Waals surface area contributed by atoms with E-state index in [9.17, 15) is 13.2 Å². The first-order chi connectivity index (χ1) is 12.5. The minimum absolute atomic E-state index is 0.151. The van der Waals surface area contributed by atoms with Crippen molar-refractivity contribution >= 4 is 16.2 Å². The van der Waals surface area contributed by atoms with Crippen LogP contribution in [-0.4, -0.2) is 32.8 Å². The maximum atomic E-state index is 12.2. The van der Waals surface area contributed by atoms with Crippen LogP contribution in [0.5, 0.6) is 0 Å². The van der Waals surface area contributed by atoms with E-state index >= 15 is 0 Å². The molecule has 6 nitrogen and oxygen atoms in total. The molecule has 0 atom stereocenters. The number of aryl methyl sites for hydroxylation is 1. The molecule has 0 saturated heterocycles. The standard InChI is InChI=1S/C20H29NO5S/c1-14-5-7-17(8-6-14)27(23,24)25-13-15-9-20(10-15)11-16(12-20)21-18(22)26-19(2,3)4/h5-8,15-16H,9-13H2,1-4H3,(H,21,22). The third kappa shape index (κ3) is 5.02. The zero-order valence-corrected chi connectivity index (χ0v) is 17.3. The topological polar surface area (TPSA) is 81.7 Å². The van der Waals surface area contributed by atoms with Gasteiger partial charge in [0.15, 0.2) is 0 Å². The van der Waals surface area contributed by atoms with Gasteiger partial charge in [-0.1, -0.05) is 17.7 Å². The number of hydrogen-bond acceptors (Lipinski definition) is 5. The van der Waals surface area contributed by atoms with E-state index in [1.54, 1.807) is 24.3 Å². The normalized spacial score (nSPS) is 27.6. The van der Waals surface area contributed by atoms with E-state index in [-0.39, 0.29) is 35.0 Å². The smallest absolute Gasteiger partial charge is 0.407 e. The SMILES string of the molecule is Cc1ccc(S(=O)(=O)OCC2CC3(C2)CC(NC(=O)OC(C)(C)C)C3)cc1. The fourth-order valence-electron chi connectivity index (χ4n) is 4.14. The summed E-state index contributed by atoms with van der Waals surface area (Å²) in [7, 11) is -3.69. The van der Waals surface area contributed by atoms with Crippen LogP contribution in [0, 0.1) is 18.3 Å². The Balaban J connectivity index is 1.38. The molecule has 0 heterocycles. The van der Waals surface area contributed by atoms with Gasteiger partial charge in [-0.3, -0.25) is 4.18 Å². The molecule has 150 valence electrons. The first-order valence-electron chi connectivity index (χ1n) is 9.42. The molecule has 2 aliphatic carbocycles. The van der Waals surface area contributed by atoms with Crippen LogP contribution in [-0.2, 0) is 19.0 Å². The van der Waals surface area contributed by atoms with Crippen LogP contribution >= 0.6 is 0 Å². The molecule has 2 saturated carbocycles. The Bertz CT molecular complexity index is 781. The molecule has 1 N–H and O–H groups in total. The summed E-state index contributed by atoms with van der Waals surface area (Å²) in [6, 6.07) is 6.83. The lowest BCUT2D eigenvalue weighted by atomic mass is 9.50. The molecule has 1 aromatic carbocycles. The maximum absolute atomic E-state index is 12.2. The number of alkyl carbamates (subject to hydrolysis) is 1. The second-order valence-corrected chi connectivity index (χ2v) is 10.7. The summed E-state index contributed by atoms with van der Waals surface area (Å²) >= 11 is 0. The lowest BCUT2D eigenvalue weighted by molar-refractivity contribution is -0.0633. The largest absolute Gasteiger partial charge is 0.444 e. The summed E-state index contributed by atoms with van der Waals surface area (Å²) < 4.78 is 35.0. The van der Waals surface area contributed by atoms with Crippen molar-refractivity contribution in [3.63, 3.8) is 0 Å². The van der Waals surface area contributed by atoms with Gasteiger partial charge < -0.3 is 10.1 Å². The Morgan fingerprint density at radius 1 is 1.15 bits per heavy atom. The minimum atomic E-state index is -3.69. The van der Waals surface area contributed by atoms with Crippen LogP contribution in [0.1, 0.15) is 52.0 Å². The van der Waals surface area contributed by atoms with Crippen molar-refractivity contribution in [3.8, 4) is 0 Å². The van der Waals surface area contributed by atoms with Gasteiger partial charge >= 0.3 is 6.09 Å². The summed E-state index contributed by atoms with van der Waals surface area (Å²) in [5, 5.41) is 2.91. The molecule has 1 amide bonds. The quantitative estimate of drug-likeness (QED) is 0.767. The maximum Gasteiger partial charge on any atom is 0.407 e. The van der Waals surface area contributed by atoms with E-state index in [4.69, 9.17) is 8.92 Å². The second-order valence-electron chi connectivity index (χ2n) is 9.08. The molecular weight excluding hydrogens is 366 g/mol. The number of carbonyl (C=O) groups excluding carboxylic acids is 1. The van der Waals surface area contributed by atoms with Crippen molar-refractivity contribution in [1.29, 1.82) is 0 Å². The number of benzene rings is 1. The third-order valence-corrected chi connectivity index (χ3v) is 6.59. The van der Waals surface area contributed by atoms with E-state index in [2.05, 4.69) is 5.32 Å². The van der Waals surface area contributed by atoms with Crippen molar-refractivity contribution in [1.82, 2.24) is 5.32 Å². The van der Waals surface area contributed by atoms with Gasteiger partial charge in [0, 0.05) is 6.04 Å². The molecular formula is C20H29NO5S. The average Bonchev–Trinajstić information content (AvgIpc) is 2.45. The number of hydrogen-bond donors (Lipinski definition) is 1. The Kier molecular flexibility index (Phi) is 5.29. The Labute approximate surface area is 161 Å². The molecule has 2 aliphatic rings. The highest BCUT2D eigenvalue weighted by Gasteiger charge is 2.53.